The van der Waals surface area contributed by atoms with E-state index in [1.54, 1.807) is 12.1 Å². The SMILES string of the molecule is NS(=O)(=O)N1CCC2(CC2COc2noc(-c3ccccc3)n2)C(F)(F)C1. The fourth-order valence-electron chi connectivity index (χ4n) is 3.68. The summed E-state index contributed by atoms with van der Waals surface area (Å²) in [5, 5.41) is 8.68. The summed E-state index contributed by atoms with van der Waals surface area (Å²) in [6.07, 6.45) is 0.286. The van der Waals surface area contributed by atoms with E-state index in [0.717, 1.165) is 5.56 Å². The molecule has 2 N–H and O–H groups in total. The molecule has 11 heteroatoms. The molecular formula is C16H18F2N4O4S. The Labute approximate surface area is 154 Å². The molecule has 1 aromatic carbocycles. The smallest absolute Gasteiger partial charge is 0.354 e. The predicted octanol–water partition coefficient (Wildman–Crippen LogP) is 1.67. The highest BCUT2D eigenvalue weighted by atomic mass is 32.2. The highest BCUT2D eigenvalue weighted by molar-refractivity contribution is 7.86. The molecule has 8 nitrogen and oxygen atoms in total. The monoisotopic (exact) mass is 400 g/mol. The van der Waals surface area contributed by atoms with Crippen LogP contribution in [0.15, 0.2) is 34.9 Å². The highest BCUT2D eigenvalue weighted by Gasteiger charge is 2.71. The molecule has 146 valence electrons. The van der Waals surface area contributed by atoms with Gasteiger partial charge in [-0.15, -0.1) is 0 Å². The topological polar surface area (TPSA) is 112 Å². The highest BCUT2D eigenvalue weighted by Crippen LogP contribution is 2.65. The lowest BCUT2D eigenvalue weighted by Gasteiger charge is -2.38. The first-order valence-electron chi connectivity index (χ1n) is 8.39. The van der Waals surface area contributed by atoms with Crippen LogP contribution in [-0.4, -0.2) is 48.5 Å². The minimum atomic E-state index is -4.13. The Morgan fingerprint density at radius 2 is 2.07 bits per heavy atom. The van der Waals surface area contributed by atoms with E-state index in [2.05, 4.69) is 10.1 Å². The number of aromatic nitrogens is 2. The Kier molecular flexibility index (Phi) is 4.20. The number of hydrogen-bond acceptors (Lipinski definition) is 6. The van der Waals surface area contributed by atoms with Gasteiger partial charge in [0.1, 0.15) is 0 Å². The van der Waals surface area contributed by atoms with E-state index in [4.69, 9.17) is 14.4 Å². The third-order valence-corrected chi connectivity index (χ3v) is 6.38. The molecule has 1 aliphatic heterocycles. The zero-order valence-electron chi connectivity index (χ0n) is 14.2. The summed E-state index contributed by atoms with van der Waals surface area (Å²) < 4.78 is 63.0. The maximum atomic E-state index is 14.6. The van der Waals surface area contributed by atoms with Gasteiger partial charge in [-0.05, 0) is 30.1 Å². The normalized spacial score (nSPS) is 27.6. The Hall–Kier alpha value is -2.11. The standard InChI is InChI=1S/C16H18F2N4O4S/c17-16(18)10-22(27(19,23)24)7-6-15(16)8-12(15)9-25-14-20-13(26-21-14)11-4-2-1-3-5-11/h1-5,12H,6-10H2,(H2,19,23,24). The molecule has 1 aliphatic carbocycles. The number of piperidine rings is 1. The van der Waals surface area contributed by atoms with Crippen LogP contribution in [0.4, 0.5) is 8.78 Å². The van der Waals surface area contributed by atoms with E-state index in [0.29, 0.717) is 4.31 Å². The van der Waals surface area contributed by atoms with Gasteiger partial charge in [-0.1, -0.05) is 18.2 Å². The first-order valence-corrected chi connectivity index (χ1v) is 9.89. The second-order valence-electron chi connectivity index (χ2n) is 6.95. The van der Waals surface area contributed by atoms with E-state index in [-0.39, 0.29) is 37.9 Å². The summed E-state index contributed by atoms with van der Waals surface area (Å²) in [6.45, 7) is -0.910. The Morgan fingerprint density at radius 1 is 1.33 bits per heavy atom. The van der Waals surface area contributed by atoms with Gasteiger partial charge in [-0.2, -0.15) is 17.7 Å². The largest absolute Gasteiger partial charge is 0.461 e. The lowest BCUT2D eigenvalue weighted by molar-refractivity contribution is -0.116. The van der Waals surface area contributed by atoms with Gasteiger partial charge in [0.05, 0.1) is 13.2 Å². The molecule has 27 heavy (non-hydrogen) atoms. The van der Waals surface area contributed by atoms with Crippen LogP contribution in [0, 0.1) is 11.3 Å². The van der Waals surface area contributed by atoms with Gasteiger partial charge in [-0.25, -0.2) is 13.9 Å². The molecule has 2 aromatic rings. The molecule has 1 spiro atoms. The fourth-order valence-corrected chi connectivity index (χ4v) is 4.37. The average Bonchev–Trinajstić information content (AvgIpc) is 3.12. The molecule has 1 saturated heterocycles. The van der Waals surface area contributed by atoms with Gasteiger partial charge >= 0.3 is 6.01 Å². The zero-order valence-corrected chi connectivity index (χ0v) is 15.0. The summed E-state index contributed by atoms with van der Waals surface area (Å²) in [5.41, 5.74) is -0.537. The van der Waals surface area contributed by atoms with E-state index < -0.39 is 34.0 Å². The van der Waals surface area contributed by atoms with Crippen LogP contribution < -0.4 is 9.88 Å². The minimum absolute atomic E-state index is 0.0126. The van der Waals surface area contributed by atoms with Crippen LogP contribution in [-0.2, 0) is 10.2 Å². The van der Waals surface area contributed by atoms with Gasteiger partial charge in [-0.3, -0.25) is 0 Å². The molecule has 2 unspecified atom stereocenters. The predicted molar refractivity (Wildman–Crippen MR) is 90.0 cm³/mol. The van der Waals surface area contributed by atoms with Crippen molar-refractivity contribution in [2.24, 2.45) is 16.5 Å². The summed E-state index contributed by atoms with van der Waals surface area (Å²) in [4.78, 5) is 4.10. The van der Waals surface area contributed by atoms with Crippen LogP contribution in [0.5, 0.6) is 6.01 Å². The molecule has 0 radical (unpaired) electrons. The van der Waals surface area contributed by atoms with Crippen molar-refractivity contribution in [3.63, 3.8) is 0 Å². The molecule has 1 saturated carbocycles. The summed E-state index contributed by atoms with van der Waals surface area (Å²) in [7, 11) is -4.13. The van der Waals surface area contributed by atoms with E-state index >= 15 is 0 Å². The lowest BCUT2D eigenvalue weighted by atomic mass is 9.88. The second kappa shape index (κ2) is 6.21. The first kappa shape index (κ1) is 18.3. The van der Waals surface area contributed by atoms with E-state index in [1.807, 2.05) is 18.2 Å². The van der Waals surface area contributed by atoms with Crippen molar-refractivity contribution in [1.29, 1.82) is 0 Å². The third-order valence-electron chi connectivity index (χ3n) is 5.34. The van der Waals surface area contributed by atoms with Crippen LogP contribution in [0.3, 0.4) is 0 Å². The molecule has 2 heterocycles. The molecule has 4 rings (SSSR count). The number of alkyl halides is 2. The quantitative estimate of drug-likeness (QED) is 0.817. The van der Waals surface area contributed by atoms with Crippen LogP contribution in [0.1, 0.15) is 12.8 Å². The van der Waals surface area contributed by atoms with Crippen molar-refractivity contribution in [3.05, 3.63) is 30.3 Å². The van der Waals surface area contributed by atoms with Gasteiger partial charge in [0.25, 0.3) is 22.0 Å². The number of nitrogens with zero attached hydrogens (tertiary/aromatic N) is 3. The molecular weight excluding hydrogens is 382 g/mol. The molecule has 2 fully saturated rings. The molecule has 2 aliphatic rings. The third kappa shape index (κ3) is 3.30. The summed E-state index contributed by atoms with van der Waals surface area (Å²) in [6, 6.07) is 9.08. The first-order chi connectivity index (χ1) is 12.7. The summed E-state index contributed by atoms with van der Waals surface area (Å²) in [5.74, 6) is -3.30. The number of nitrogens with two attached hydrogens (primary N) is 1. The Balaban J connectivity index is 1.38. The van der Waals surface area contributed by atoms with Crippen molar-refractivity contribution in [3.8, 4) is 17.5 Å². The second-order valence-corrected chi connectivity index (χ2v) is 8.50. The number of rotatable bonds is 5. The van der Waals surface area contributed by atoms with Crippen molar-refractivity contribution in [2.75, 3.05) is 19.7 Å². The summed E-state index contributed by atoms with van der Waals surface area (Å²) >= 11 is 0. The van der Waals surface area contributed by atoms with E-state index in [9.17, 15) is 17.2 Å². The molecule has 0 bridgehead atoms. The maximum absolute atomic E-state index is 14.6. The number of ether oxygens (including phenoxy) is 1. The van der Waals surface area contributed by atoms with Crippen LogP contribution in [0.25, 0.3) is 11.5 Å². The van der Waals surface area contributed by atoms with Crippen molar-refractivity contribution in [2.45, 2.75) is 18.8 Å². The van der Waals surface area contributed by atoms with Crippen molar-refractivity contribution < 1.29 is 26.5 Å². The molecule has 2 atom stereocenters. The maximum Gasteiger partial charge on any atom is 0.354 e. The number of benzene rings is 1. The Morgan fingerprint density at radius 3 is 2.74 bits per heavy atom. The van der Waals surface area contributed by atoms with E-state index in [1.165, 1.54) is 0 Å². The van der Waals surface area contributed by atoms with Gasteiger partial charge in [0.2, 0.25) is 0 Å². The van der Waals surface area contributed by atoms with Gasteiger partial charge < -0.3 is 9.26 Å². The minimum Gasteiger partial charge on any atom is -0.461 e. The fraction of sp³-hybridized carbons (Fsp3) is 0.500. The lowest BCUT2D eigenvalue weighted by Crippen LogP contribution is -2.54. The number of hydrogen-bond donors (Lipinski definition) is 1. The van der Waals surface area contributed by atoms with Gasteiger partial charge in [0.15, 0.2) is 0 Å². The number of halogens is 2. The van der Waals surface area contributed by atoms with Crippen molar-refractivity contribution >= 4 is 10.2 Å². The average molecular weight is 400 g/mol. The van der Waals surface area contributed by atoms with Crippen LogP contribution in [0.2, 0.25) is 0 Å². The van der Waals surface area contributed by atoms with Crippen molar-refractivity contribution in [1.82, 2.24) is 14.4 Å². The molecule has 1 aromatic heterocycles. The molecule has 0 amide bonds. The van der Waals surface area contributed by atoms with Crippen LogP contribution >= 0.6 is 0 Å². The van der Waals surface area contributed by atoms with Gasteiger partial charge in [0, 0.05) is 23.4 Å². The zero-order chi connectivity index (χ0) is 19.3. The Bertz CT molecular complexity index is 937.